The van der Waals surface area contributed by atoms with Crippen molar-refractivity contribution >= 4 is 37.7 Å². The summed E-state index contributed by atoms with van der Waals surface area (Å²) in [4.78, 5) is 8.68. The van der Waals surface area contributed by atoms with E-state index in [0.29, 0.717) is 24.1 Å². The molecule has 0 unspecified atom stereocenters. The Balaban J connectivity index is 1.83. The molecule has 6 nitrogen and oxygen atoms in total. The minimum absolute atomic E-state index is 0.501. The number of aryl methyl sites for hydroxylation is 1. The predicted octanol–water partition coefficient (Wildman–Crippen LogP) is 4.59. The van der Waals surface area contributed by atoms with Gasteiger partial charge in [0.15, 0.2) is 0 Å². The van der Waals surface area contributed by atoms with E-state index in [1.807, 2.05) is 24.3 Å². The molecule has 0 aliphatic rings. The lowest BCUT2D eigenvalue weighted by atomic mass is 10.2. The molecule has 2 aromatic heterocycles. The Hall–Kier alpha value is -1.93. The zero-order chi connectivity index (χ0) is 17.1. The van der Waals surface area contributed by atoms with Crippen LogP contribution in [-0.4, -0.2) is 22.2 Å². The number of rotatable bonds is 5. The second kappa shape index (κ2) is 7.31. The molecule has 8 heteroatoms. The minimum atomic E-state index is 0.501. The molecule has 24 heavy (non-hydrogen) atoms. The van der Waals surface area contributed by atoms with Gasteiger partial charge in [0.05, 0.1) is 17.1 Å². The van der Waals surface area contributed by atoms with Gasteiger partial charge in [-0.25, -0.2) is 4.98 Å². The molecule has 3 rings (SSSR count). The van der Waals surface area contributed by atoms with Crippen LogP contribution in [0.15, 0.2) is 43.9 Å². The van der Waals surface area contributed by atoms with E-state index in [-0.39, 0.29) is 0 Å². The van der Waals surface area contributed by atoms with E-state index in [4.69, 9.17) is 9.26 Å². The number of methoxy groups -OCH3 is 1. The number of hydrogen-bond acceptors (Lipinski definition) is 6. The second-order valence-corrected chi connectivity index (χ2v) is 6.63. The average Bonchev–Trinajstić information content (AvgIpc) is 3.01. The van der Waals surface area contributed by atoms with Crippen molar-refractivity contribution in [1.29, 1.82) is 0 Å². The van der Waals surface area contributed by atoms with Gasteiger partial charge in [-0.3, -0.25) is 0 Å². The average molecular weight is 454 g/mol. The van der Waals surface area contributed by atoms with E-state index in [9.17, 15) is 0 Å². The minimum Gasteiger partial charge on any atom is -0.497 e. The van der Waals surface area contributed by atoms with Gasteiger partial charge in [0.25, 0.3) is 0 Å². The molecule has 0 spiro atoms. The van der Waals surface area contributed by atoms with Crippen LogP contribution in [0.4, 0.5) is 5.82 Å². The van der Waals surface area contributed by atoms with Crippen molar-refractivity contribution in [1.82, 2.24) is 15.1 Å². The molecule has 0 saturated heterocycles. The Bertz CT molecular complexity index is 850. The summed E-state index contributed by atoms with van der Waals surface area (Å²) in [7, 11) is 1.65. The van der Waals surface area contributed by atoms with E-state index in [1.54, 1.807) is 20.2 Å². The van der Waals surface area contributed by atoms with E-state index in [0.717, 1.165) is 25.8 Å². The summed E-state index contributed by atoms with van der Waals surface area (Å²) in [5.74, 6) is 2.54. The van der Waals surface area contributed by atoms with Crippen molar-refractivity contribution in [2.75, 3.05) is 12.4 Å². The van der Waals surface area contributed by atoms with Gasteiger partial charge in [-0.2, -0.15) is 4.98 Å². The lowest BCUT2D eigenvalue weighted by Crippen LogP contribution is -2.03. The molecule has 0 saturated carbocycles. The number of aromatic nitrogens is 3. The first-order valence-corrected chi connectivity index (χ1v) is 8.68. The summed E-state index contributed by atoms with van der Waals surface area (Å²) in [6, 6.07) is 7.85. The van der Waals surface area contributed by atoms with Crippen molar-refractivity contribution in [2.24, 2.45) is 0 Å². The normalized spacial score (nSPS) is 10.7. The molecule has 0 atom stereocenters. The number of ether oxygens (including phenoxy) is 1. The zero-order valence-electron chi connectivity index (χ0n) is 13.0. The summed E-state index contributed by atoms with van der Waals surface area (Å²) < 4.78 is 11.8. The Morgan fingerprint density at radius 1 is 1.21 bits per heavy atom. The number of pyridine rings is 1. The summed E-state index contributed by atoms with van der Waals surface area (Å²) in [5.41, 5.74) is 1.91. The van der Waals surface area contributed by atoms with Crippen LogP contribution in [0.5, 0.6) is 5.75 Å². The summed E-state index contributed by atoms with van der Waals surface area (Å²) in [6.07, 6.45) is 1.71. The van der Waals surface area contributed by atoms with E-state index >= 15 is 0 Å². The molecule has 0 aliphatic carbocycles. The largest absolute Gasteiger partial charge is 0.497 e. The number of nitrogens with zero attached hydrogens (tertiary/aromatic N) is 3. The van der Waals surface area contributed by atoms with E-state index in [1.165, 1.54) is 0 Å². The van der Waals surface area contributed by atoms with Crippen molar-refractivity contribution in [3.63, 3.8) is 0 Å². The third-order valence-electron chi connectivity index (χ3n) is 3.34. The van der Waals surface area contributed by atoms with Gasteiger partial charge in [0, 0.05) is 24.1 Å². The standard InChI is InChI=1S/C16H14Br2N4O2/c1-9-21-15(22-24-9)13-12(17)8-20-16(14(13)18)19-7-10-3-5-11(23-2)6-4-10/h3-6,8H,7H2,1-2H3,(H,19,20). The molecule has 0 bridgehead atoms. The Morgan fingerprint density at radius 2 is 1.96 bits per heavy atom. The van der Waals surface area contributed by atoms with Crippen LogP contribution in [0.3, 0.4) is 0 Å². The Kier molecular flexibility index (Phi) is 5.15. The molecule has 0 amide bonds. The number of hydrogen-bond donors (Lipinski definition) is 1. The summed E-state index contributed by atoms with van der Waals surface area (Å²) in [6.45, 7) is 2.38. The molecule has 2 heterocycles. The zero-order valence-corrected chi connectivity index (χ0v) is 16.2. The molecule has 0 fully saturated rings. The fourth-order valence-electron chi connectivity index (χ4n) is 2.12. The topological polar surface area (TPSA) is 73.1 Å². The van der Waals surface area contributed by atoms with Crippen LogP contribution in [0, 0.1) is 6.92 Å². The van der Waals surface area contributed by atoms with Crippen molar-refractivity contribution < 1.29 is 9.26 Å². The molecule has 1 aromatic carbocycles. The maximum atomic E-state index is 5.16. The second-order valence-electron chi connectivity index (χ2n) is 4.98. The maximum Gasteiger partial charge on any atom is 0.223 e. The first-order valence-electron chi connectivity index (χ1n) is 7.10. The number of nitrogens with one attached hydrogen (secondary N) is 1. The number of anilines is 1. The predicted molar refractivity (Wildman–Crippen MR) is 98.0 cm³/mol. The number of benzene rings is 1. The van der Waals surface area contributed by atoms with Gasteiger partial charge in [0.1, 0.15) is 11.6 Å². The smallest absolute Gasteiger partial charge is 0.223 e. The van der Waals surface area contributed by atoms with Crippen LogP contribution in [0.25, 0.3) is 11.4 Å². The Morgan fingerprint density at radius 3 is 2.58 bits per heavy atom. The fraction of sp³-hybridized carbons (Fsp3) is 0.188. The molecular formula is C16H14Br2N4O2. The van der Waals surface area contributed by atoms with Crippen molar-refractivity contribution in [3.8, 4) is 17.1 Å². The quantitative estimate of drug-likeness (QED) is 0.609. The lowest BCUT2D eigenvalue weighted by Gasteiger charge is -2.11. The van der Waals surface area contributed by atoms with Crippen molar-refractivity contribution in [2.45, 2.75) is 13.5 Å². The highest BCUT2D eigenvalue weighted by Crippen LogP contribution is 2.37. The summed E-state index contributed by atoms with van der Waals surface area (Å²) in [5, 5.41) is 7.28. The molecule has 0 aliphatic heterocycles. The Labute approximate surface area is 155 Å². The highest BCUT2D eigenvalue weighted by molar-refractivity contribution is 9.11. The molecule has 3 aromatic rings. The summed E-state index contributed by atoms with van der Waals surface area (Å²) >= 11 is 7.06. The third-order valence-corrected chi connectivity index (χ3v) is 4.72. The van der Waals surface area contributed by atoms with Gasteiger partial charge in [-0.05, 0) is 49.6 Å². The van der Waals surface area contributed by atoms with E-state index < -0.39 is 0 Å². The van der Waals surface area contributed by atoms with Crippen LogP contribution in [-0.2, 0) is 6.54 Å². The first-order chi connectivity index (χ1) is 11.6. The van der Waals surface area contributed by atoms with Crippen LogP contribution < -0.4 is 10.1 Å². The highest BCUT2D eigenvalue weighted by Gasteiger charge is 2.17. The van der Waals surface area contributed by atoms with Gasteiger partial charge in [-0.1, -0.05) is 17.3 Å². The van der Waals surface area contributed by atoms with Gasteiger partial charge < -0.3 is 14.6 Å². The monoisotopic (exact) mass is 452 g/mol. The van der Waals surface area contributed by atoms with Gasteiger partial charge in [-0.15, -0.1) is 0 Å². The van der Waals surface area contributed by atoms with Crippen LogP contribution in [0.1, 0.15) is 11.5 Å². The third kappa shape index (κ3) is 3.59. The molecule has 0 radical (unpaired) electrons. The lowest BCUT2D eigenvalue weighted by molar-refractivity contribution is 0.394. The van der Waals surface area contributed by atoms with Crippen LogP contribution in [0.2, 0.25) is 0 Å². The van der Waals surface area contributed by atoms with Gasteiger partial charge >= 0.3 is 0 Å². The van der Waals surface area contributed by atoms with E-state index in [2.05, 4.69) is 52.3 Å². The fourth-order valence-corrected chi connectivity index (χ4v) is 3.50. The highest BCUT2D eigenvalue weighted by atomic mass is 79.9. The molecule has 124 valence electrons. The first kappa shape index (κ1) is 16.9. The molecule has 1 N–H and O–H groups in total. The van der Waals surface area contributed by atoms with Gasteiger partial charge in [0.2, 0.25) is 11.7 Å². The molecular weight excluding hydrogens is 440 g/mol. The maximum absolute atomic E-state index is 5.16. The van der Waals surface area contributed by atoms with Crippen molar-refractivity contribution in [3.05, 3.63) is 50.9 Å². The van der Waals surface area contributed by atoms with Crippen LogP contribution >= 0.6 is 31.9 Å². The SMILES string of the molecule is COc1ccc(CNc2ncc(Br)c(-c3noc(C)n3)c2Br)cc1. The number of halogens is 2.